The molecule has 3 nitrogen and oxygen atoms in total. The molecule has 0 amide bonds. The maximum atomic E-state index is 6.13. The first-order chi connectivity index (χ1) is 9.06. The molecule has 2 N–H and O–H groups in total. The van der Waals surface area contributed by atoms with E-state index in [0.717, 1.165) is 31.1 Å². The Morgan fingerprint density at radius 2 is 2.05 bits per heavy atom. The average molecular weight is 282 g/mol. The van der Waals surface area contributed by atoms with E-state index < -0.39 is 0 Å². The van der Waals surface area contributed by atoms with E-state index in [4.69, 9.17) is 17.3 Å². The number of rotatable bonds is 3. The highest BCUT2D eigenvalue weighted by atomic mass is 35.5. The molecule has 0 spiro atoms. The fourth-order valence-electron chi connectivity index (χ4n) is 2.66. The van der Waals surface area contributed by atoms with Crippen LogP contribution in [0.5, 0.6) is 0 Å². The minimum atomic E-state index is 0.159. The van der Waals surface area contributed by atoms with E-state index in [2.05, 4.69) is 29.0 Å². The number of likely N-dealkylation sites (N-methyl/N-ethyl adjacent to an activating group) is 1. The Morgan fingerprint density at radius 3 is 2.79 bits per heavy atom. The summed E-state index contributed by atoms with van der Waals surface area (Å²) >= 11 is 6.13. The van der Waals surface area contributed by atoms with Crippen molar-refractivity contribution < 1.29 is 0 Å². The normalized spacial score (nSPS) is 19.3. The third-order valence-electron chi connectivity index (χ3n) is 3.64. The van der Waals surface area contributed by atoms with Crippen molar-refractivity contribution in [3.8, 4) is 0 Å². The zero-order valence-electron chi connectivity index (χ0n) is 11.9. The van der Waals surface area contributed by atoms with Crippen LogP contribution in [-0.2, 0) is 6.42 Å². The Labute approximate surface area is 121 Å². The van der Waals surface area contributed by atoms with Crippen LogP contribution in [0.15, 0.2) is 18.2 Å². The monoisotopic (exact) mass is 281 g/mol. The van der Waals surface area contributed by atoms with Crippen LogP contribution in [0.1, 0.15) is 18.9 Å². The molecule has 1 heterocycles. The molecule has 0 aliphatic carbocycles. The molecule has 1 unspecified atom stereocenters. The van der Waals surface area contributed by atoms with Crippen molar-refractivity contribution in [2.45, 2.75) is 25.8 Å². The minimum Gasteiger partial charge on any atom is -0.370 e. The zero-order chi connectivity index (χ0) is 13.8. The maximum Gasteiger partial charge on any atom is 0.0410 e. The summed E-state index contributed by atoms with van der Waals surface area (Å²) in [5.41, 5.74) is 8.53. The molecule has 1 aromatic carbocycles. The van der Waals surface area contributed by atoms with Crippen LogP contribution in [0.3, 0.4) is 0 Å². The van der Waals surface area contributed by atoms with E-state index in [-0.39, 0.29) is 6.04 Å². The summed E-state index contributed by atoms with van der Waals surface area (Å²) in [6, 6.07) is 6.35. The van der Waals surface area contributed by atoms with Gasteiger partial charge in [-0.2, -0.15) is 0 Å². The van der Waals surface area contributed by atoms with E-state index in [1.807, 2.05) is 13.0 Å². The van der Waals surface area contributed by atoms with E-state index >= 15 is 0 Å². The molecule has 106 valence electrons. The van der Waals surface area contributed by atoms with Gasteiger partial charge in [0.1, 0.15) is 0 Å². The van der Waals surface area contributed by atoms with Gasteiger partial charge >= 0.3 is 0 Å². The van der Waals surface area contributed by atoms with Gasteiger partial charge in [0.25, 0.3) is 0 Å². The van der Waals surface area contributed by atoms with E-state index in [1.165, 1.54) is 24.2 Å². The molecule has 0 saturated carbocycles. The van der Waals surface area contributed by atoms with Gasteiger partial charge in [-0.3, -0.25) is 0 Å². The van der Waals surface area contributed by atoms with Crippen molar-refractivity contribution in [1.29, 1.82) is 0 Å². The molecule has 1 aromatic rings. The molecule has 0 bridgehead atoms. The molecule has 1 atom stereocenters. The standard InChI is InChI=1S/C15H24ClN3/c1-12(17)10-13-11-14(16)4-5-15(13)19-7-3-6-18(2)8-9-19/h4-5,11-12H,3,6-10,17H2,1-2H3. The summed E-state index contributed by atoms with van der Waals surface area (Å²) in [7, 11) is 2.19. The third-order valence-corrected chi connectivity index (χ3v) is 3.88. The lowest BCUT2D eigenvalue weighted by Gasteiger charge is -2.26. The van der Waals surface area contributed by atoms with Gasteiger partial charge in [0, 0.05) is 36.4 Å². The number of benzene rings is 1. The molecule has 1 fully saturated rings. The molecule has 2 rings (SSSR count). The summed E-state index contributed by atoms with van der Waals surface area (Å²) in [6.07, 6.45) is 2.08. The summed E-state index contributed by atoms with van der Waals surface area (Å²) in [6.45, 7) is 6.51. The predicted molar refractivity (Wildman–Crippen MR) is 83.1 cm³/mol. The Morgan fingerprint density at radius 1 is 1.26 bits per heavy atom. The van der Waals surface area contributed by atoms with Gasteiger partial charge in [0.05, 0.1) is 0 Å². The number of halogens is 1. The van der Waals surface area contributed by atoms with Crippen molar-refractivity contribution in [2.75, 3.05) is 38.1 Å². The largest absolute Gasteiger partial charge is 0.370 e. The first kappa shape index (κ1) is 14.6. The van der Waals surface area contributed by atoms with Gasteiger partial charge in [-0.15, -0.1) is 0 Å². The number of nitrogens with two attached hydrogens (primary N) is 1. The topological polar surface area (TPSA) is 32.5 Å². The lowest BCUT2D eigenvalue weighted by atomic mass is 10.0. The molecular weight excluding hydrogens is 258 g/mol. The van der Waals surface area contributed by atoms with E-state index in [0.29, 0.717) is 0 Å². The van der Waals surface area contributed by atoms with Gasteiger partial charge in [0.2, 0.25) is 0 Å². The predicted octanol–water partition coefficient (Wildman–Crippen LogP) is 2.37. The SMILES string of the molecule is CC(N)Cc1cc(Cl)ccc1N1CCCN(C)CC1. The van der Waals surface area contributed by atoms with Gasteiger partial charge in [-0.1, -0.05) is 11.6 Å². The van der Waals surface area contributed by atoms with Crippen LogP contribution in [0.4, 0.5) is 5.69 Å². The lowest BCUT2D eigenvalue weighted by molar-refractivity contribution is 0.360. The number of nitrogens with zero attached hydrogens (tertiary/aromatic N) is 2. The van der Waals surface area contributed by atoms with Crippen LogP contribution in [0.2, 0.25) is 5.02 Å². The second-order valence-corrected chi connectivity index (χ2v) is 6.03. The van der Waals surface area contributed by atoms with Crippen molar-refractivity contribution in [2.24, 2.45) is 5.73 Å². The lowest BCUT2D eigenvalue weighted by Crippen LogP contribution is -2.30. The fourth-order valence-corrected chi connectivity index (χ4v) is 2.86. The molecule has 1 saturated heterocycles. The Kier molecular flexibility index (Phi) is 5.08. The summed E-state index contributed by atoms with van der Waals surface area (Å²) in [4.78, 5) is 4.86. The average Bonchev–Trinajstić information content (AvgIpc) is 2.54. The van der Waals surface area contributed by atoms with E-state index in [9.17, 15) is 0 Å². The zero-order valence-corrected chi connectivity index (χ0v) is 12.7. The number of anilines is 1. The van der Waals surface area contributed by atoms with Gasteiger partial charge in [0.15, 0.2) is 0 Å². The molecule has 0 aromatic heterocycles. The van der Waals surface area contributed by atoms with Crippen molar-refractivity contribution in [3.63, 3.8) is 0 Å². The highest BCUT2D eigenvalue weighted by Gasteiger charge is 2.16. The Hall–Kier alpha value is -0.770. The second kappa shape index (κ2) is 6.60. The van der Waals surface area contributed by atoms with Gasteiger partial charge in [-0.25, -0.2) is 0 Å². The minimum absolute atomic E-state index is 0.159. The number of hydrogen-bond acceptors (Lipinski definition) is 3. The molecule has 1 aliphatic rings. The smallest absolute Gasteiger partial charge is 0.0410 e. The Bertz CT molecular complexity index is 420. The van der Waals surface area contributed by atoms with Crippen LogP contribution in [-0.4, -0.2) is 44.2 Å². The van der Waals surface area contributed by atoms with Crippen LogP contribution in [0, 0.1) is 0 Å². The fraction of sp³-hybridized carbons (Fsp3) is 0.600. The van der Waals surface area contributed by atoms with Crippen molar-refractivity contribution in [1.82, 2.24) is 4.90 Å². The summed E-state index contributed by atoms with van der Waals surface area (Å²) < 4.78 is 0. The first-order valence-corrected chi connectivity index (χ1v) is 7.41. The molecule has 19 heavy (non-hydrogen) atoms. The molecular formula is C15H24ClN3. The van der Waals surface area contributed by atoms with Crippen LogP contribution >= 0.6 is 11.6 Å². The quantitative estimate of drug-likeness (QED) is 0.923. The number of hydrogen-bond donors (Lipinski definition) is 1. The molecule has 0 radical (unpaired) electrons. The maximum absolute atomic E-state index is 6.13. The first-order valence-electron chi connectivity index (χ1n) is 7.04. The third kappa shape index (κ3) is 4.10. The summed E-state index contributed by atoms with van der Waals surface area (Å²) in [5, 5.41) is 0.798. The molecule has 1 aliphatic heterocycles. The Balaban J connectivity index is 2.22. The highest BCUT2D eigenvalue weighted by Crippen LogP contribution is 2.26. The van der Waals surface area contributed by atoms with Gasteiger partial charge in [-0.05, 0) is 57.1 Å². The van der Waals surface area contributed by atoms with E-state index in [1.54, 1.807) is 0 Å². The van der Waals surface area contributed by atoms with Crippen LogP contribution < -0.4 is 10.6 Å². The second-order valence-electron chi connectivity index (χ2n) is 5.60. The highest BCUT2D eigenvalue weighted by molar-refractivity contribution is 6.30. The summed E-state index contributed by atoms with van der Waals surface area (Å²) in [5.74, 6) is 0. The van der Waals surface area contributed by atoms with Gasteiger partial charge < -0.3 is 15.5 Å². The van der Waals surface area contributed by atoms with Crippen molar-refractivity contribution >= 4 is 17.3 Å². The van der Waals surface area contributed by atoms with Crippen LogP contribution in [0.25, 0.3) is 0 Å². The van der Waals surface area contributed by atoms with Crippen molar-refractivity contribution in [3.05, 3.63) is 28.8 Å². The molecule has 4 heteroatoms.